The quantitative estimate of drug-likeness (QED) is 0.532. The van der Waals surface area contributed by atoms with Crippen molar-refractivity contribution in [2.45, 2.75) is 33.1 Å². The van der Waals surface area contributed by atoms with E-state index >= 15 is 0 Å². The van der Waals surface area contributed by atoms with Gasteiger partial charge in [0.05, 0.1) is 23.2 Å². The topological polar surface area (TPSA) is 88.0 Å². The Balaban J connectivity index is 1.74. The Morgan fingerprint density at radius 2 is 2.00 bits per heavy atom. The predicted molar refractivity (Wildman–Crippen MR) is 106 cm³/mol. The molecule has 0 aliphatic rings. The molecular formula is C19H21ClN6O. The zero-order valence-electron chi connectivity index (χ0n) is 15.6. The van der Waals surface area contributed by atoms with Crippen LogP contribution >= 0.6 is 11.6 Å². The highest BCUT2D eigenvalue weighted by Gasteiger charge is 2.19. The highest BCUT2D eigenvalue weighted by atomic mass is 35.5. The Hall–Kier alpha value is -2.93. The first-order valence-corrected chi connectivity index (χ1v) is 8.85. The highest BCUT2D eigenvalue weighted by molar-refractivity contribution is 6.32. The number of aromatic nitrogens is 4. The second-order valence-corrected chi connectivity index (χ2v) is 7.51. The van der Waals surface area contributed by atoms with E-state index < -0.39 is 5.91 Å². The van der Waals surface area contributed by atoms with Gasteiger partial charge in [-0.1, -0.05) is 50.6 Å². The van der Waals surface area contributed by atoms with Crippen LogP contribution in [-0.4, -0.2) is 32.1 Å². The van der Waals surface area contributed by atoms with Gasteiger partial charge in [0.15, 0.2) is 5.69 Å². The Morgan fingerprint density at radius 1 is 1.30 bits per heavy atom. The molecule has 2 N–H and O–H groups in total. The van der Waals surface area contributed by atoms with E-state index in [0.29, 0.717) is 16.4 Å². The van der Waals surface area contributed by atoms with Crippen LogP contribution in [0.5, 0.6) is 0 Å². The molecule has 0 spiro atoms. The normalized spacial score (nSPS) is 11.9. The van der Waals surface area contributed by atoms with Crippen LogP contribution in [0.3, 0.4) is 0 Å². The zero-order chi connectivity index (χ0) is 19.6. The molecule has 27 heavy (non-hydrogen) atoms. The fraction of sp³-hybridized carbons (Fsp3) is 0.263. The number of carbonyl (C=O) groups excluding carboxylic acids is 1. The van der Waals surface area contributed by atoms with Gasteiger partial charge in [-0.25, -0.2) is 10.1 Å². The summed E-state index contributed by atoms with van der Waals surface area (Å²) in [4.78, 5) is 12.2. The Kier molecular flexibility index (Phi) is 5.14. The third kappa shape index (κ3) is 4.09. The van der Waals surface area contributed by atoms with E-state index in [9.17, 15) is 4.79 Å². The summed E-state index contributed by atoms with van der Waals surface area (Å²) < 4.78 is 1.63. The first-order chi connectivity index (χ1) is 12.8. The number of aromatic amines is 1. The number of H-pyrrole nitrogens is 1. The van der Waals surface area contributed by atoms with Gasteiger partial charge in [0.2, 0.25) is 0 Å². The van der Waals surface area contributed by atoms with Crippen molar-refractivity contribution in [1.29, 1.82) is 0 Å². The molecule has 0 atom stereocenters. The van der Waals surface area contributed by atoms with E-state index in [-0.39, 0.29) is 11.1 Å². The molecule has 1 amide bonds. The molecule has 3 aromatic rings. The van der Waals surface area contributed by atoms with E-state index in [2.05, 4.69) is 25.8 Å². The molecule has 0 aliphatic carbocycles. The molecule has 0 aliphatic heterocycles. The lowest BCUT2D eigenvalue weighted by Crippen LogP contribution is -2.18. The maximum absolute atomic E-state index is 12.2. The average molecular weight is 385 g/mol. The standard InChI is InChI=1S/C19H21ClN6O/c1-12-14(17(20)26(25-12)13-8-6-5-7-9-13)11-21-24-18(27)15-10-16(23-22-15)19(2,3)4/h5-11H,1-4H3,(H,22,23)(H,24,27)/b21-11+. The second kappa shape index (κ2) is 7.36. The van der Waals surface area contributed by atoms with Gasteiger partial charge in [0, 0.05) is 11.1 Å². The molecule has 3 rings (SSSR count). The summed E-state index contributed by atoms with van der Waals surface area (Å²) in [7, 11) is 0. The van der Waals surface area contributed by atoms with E-state index in [4.69, 9.17) is 11.6 Å². The van der Waals surface area contributed by atoms with Crippen molar-refractivity contribution in [3.63, 3.8) is 0 Å². The first kappa shape index (κ1) is 18.8. The summed E-state index contributed by atoms with van der Waals surface area (Å²) in [6.07, 6.45) is 1.49. The van der Waals surface area contributed by atoms with Gasteiger partial charge >= 0.3 is 0 Å². The van der Waals surface area contributed by atoms with Crippen molar-refractivity contribution in [1.82, 2.24) is 25.4 Å². The third-order valence-corrected chi connectivity index (χ3v) is 4.39. The lowest BCUT2D eigenvalue weighted by atomic mass is 9.92. The number of hydrazone groups is 1. The summed E-state index contributed by atoms with van der Waals surface area (Å²) in [5.41, 5.74) is 5.69. The molecular weight excluding hydrogens is 364 g/mol. The monoisotopic (exact) mass is 384 g/mol. The molecule has 0 saturated heterocycles. The van der Waals surface area contributed by atoms with Crippen LogP contribution in [0.1, 0.15) is 48.2 Å². The van der Waals surface area contributed by atoms with Gasteiger partial charge in [-0.15, -0.1) is 0 Å². The zero-order valence-corrected chi connectivity index (χ0v) is 16.4. The molecule has 8 heteroatoms. The molecule has 0 saturated carbocycles. The van der Waals surface area contributed by atoms with Gasteiger partial charge in [-0.3, -0.25) is 9.89 Å². The molecule has 7 nitrogen and oxygen atoms in total. The smallest absolute Gasteiger partial charge is 0.281 e. The number of para-hydroxylation sites is 1. The van der Waals surface area contributed by atoms with E-state index in [1.807, 2.05) is 58.0 Å². The molecule has 1 aromatic carbocycles. The number of carbonyl (C=O) groups is 1. The average Bonchev–Trinajstić information content (AvgIpc) is 3.23. The lowest BCUT2D eigenvalue weighted by molar-refractivity contribution is 0.0950. The Morgan fingerprint density at radius 3 is 2.63 bits per heavy atom. The number of amides is 1. The molecule has 0 unspecified atom stereocenters. The van der Waals surface area contributed by atoms with Gasteiger partial charge < -0.3 is 0 Å². The number of nitrogens with zero attached hydrogens (tertiary/aromatic N) is 4. The largest absolute Gasteiger partial charge is 0.291 e. The minimum atomic E-state index is -0.401. The second-order valence-electron chi connectivity index (χ2n) is 7.15. The van der Waals surface area contributed by atoms with Crippen molar-refractivity contribution in [3.8, 4) is 5.69 Å². The summed E-state index contributed by atoms with van der Waals surface area (Å²) in [6, 6.07) is 11.3. The van der Waals surface area contributed by atoms with E-state index in [1.54, 1.807) is 10.7 Å². The van der Waals surface area contributed by atoms with Gasteiger partial charge in [0.25, 0.3) is 5.91 Å². The minimum Gasteiger partial charge on any atom is -0.281 e. The molecule has 0 fully saturated rings. The van der Waals surface area contributed by atoms with Crippen molar-refractivity contribution < 1.29 is 4.79 Å². The minimum absolute atomic E-state index is 0.120. The molecule has 2 aromatic heterocycles. The summed E-state index contributed by atoms with van der Waals surface area (Å²) in [6.45, 7) is 7.94. The van der Waals surface area contributed by atoms with Gasteiger partial charge in [-0.05, 0) is 25.1 Å². The third-order valence-electron chi connectivity index (χ3n) is 4.03. The maximum atomic E-state index is 12.2. The molecule has 2 heterocycles. The van der Waals surface area contributed by atoms with Crippen LogP contribution in [0, 0.1) is 6.92 Å². The first-order valence-electron chi connectivity index (χ1n) is 8.47. The lowest BCUT2D eigenvalue weighted by Gasteiger charge is -2.14. The van der Waals surface area contributed by atoms with Crippen LogP contribution in [0.15, 0.2) is 41.5 Å². The maximum Gasteiger partial charge on any atom is 0.291 e. The SMILES string of the molecule is Cc1nn(-c2ccccc2)c(Cl)c1/C=N/NC(=O)c1cc(C(C)(C)C)[nH]n1. The van der Waals surface area contributed by atoms with Crippen LogP contribution < -0.4 is 5.43 Å². The van der Waals surface area contributed by atoms with E-state index in [0.717, 1.165) is 11.4 Å². The molecule has 140 valence electrons. The fourth-order valence-corrected chi connectivity index (χ4v) is 2.75. The summed E-state index contributed by atoms with van der Waals surface area (Å²) >= 11 is 6.43. The van der Waals surface area contributed by atoms with Crippen molar-refractivity contribution >= 4 is 23.7 Å². The van der Waals surface area contributed by atoms with Crippen LogP contribution in [0.2, 0.25) is 5.15 Å². The summed E-state index contributed by atoms with van der Waals surface area (Å²) in [5.74, 6) is -0.401. The van der Waals surface area contributed by atoms with Crippen LogP contribution in [0.4, 0.5) is 0 Å². The van der Waals surface area contributed by atoms with Crippen molar-refractivity contribution in [2.24, 2.45) is 5.10 Å². The fourth-order valence-electron chi connectivity index (χ4n) is 2.43. The molecule has 0 radical (unpaired) electrons. The van der Waals surface area contributed by atoms with Crippen molar-refractivity contribution in [3.05, 3.63) is 64.2 Å². The number of nitrogens with one attached hydrogen (secondary N) is 2. The number of hydrogen-bond donors (Lipinski definition) is 2. The van der Waals surface area contributed by atoms with Crippen LogP contribution in [-0.2, 0) is 5.41 Å². The Labute approximate surface area is 162 Å². The predicted octanol–water partition coefficient (Wildman–Crippen LogP) is 3.62. The van der Waals surface area contributed by atoms with Gasteiger partial charge in [-0.2, -0.15) is 15.3 Å². The number of benzene rings is 1. The number of rotatable bonds is 4. The van der Waals surface area contributed by atoms with Crippen molar-refractivity contribution in [2.75, 3.05) is 0 Å². The Bertz CT molecular complexity index is 982. The number of aryl methyl sites for hydroxylation is 1. The van der Waals surface area contributed by atoms with Gasteiger partial charge in [0.1, 0.15) is 5.15 Å². The summed E-state index contributed by atoms with van der Waals surface area (Å²) in [5, 5.41) is 15.8. The van der Waals surface area contributed by atoms with Crippen LogP contribution in [0.25, 0.3) is 5.69 Å². The molecule has 0 bridgehead atoms. The highest BCUT2D eigenvalue weighted by Crippen LogP contribution is 2.22. The number of halogens is 1. The van der Waals surface area contributed by atoms with E-state index in [1.165, 1.54) is 6.21 Å². The number of hydrogen-bond acceptors (Lipinski definition) is 4.